The van der Waals surface area contributed by atoms with Gasteiger partial charge in [-0.05, 0) is 60.6 Å². The Morgan fingerprint density at radius 3 is 2.59 bits per heavy atom. The molecule has 0 aliphatic rings. The van der Waals surface area contributed by atoms with Crippen molar-refractivity contribution in [3.63, 3.8) is 0 Å². The van der Waals surface area contributed by atoms with Crippen LogP contribution in [0, 0.1) is 28.9 Å². The van der Waals surface area contributed by atoms with E-state index in [0.717, 1.165) is 20.5 Å². The van der Waals surface area contributed by atoms with Gasteiger partial charge in [-0.2, -0.15) is 5.26 Å². The van der Waals surface area contributed by atoms with Crippen LogP contribution in [0.4, 0.5) is 0 Å². The third kappa shape index (κ3) is 3.09. The number of ether oxygens (including phenoxy) is 1. The van der Waals surface area contributed by atoms with Gasteiger partial charge in [0, 0.05) is 5.69 Å². The zero-order valence-corrected chi connectivity index (χ0v) is 12.1. The van der Waals surface area contributed by atoms with E-state index < -0.39 is 5.97 Å². The summed E-state index contributed by atoms with van der Waals surface area (Å²) in [6.45, 7) is 5.90. The molecule has 0 atom stereocenters. The third-order valence-electron chi connectivity index (χ3n) is 2.44. The molecule has 0 aliphatic carbocycles. The van der Waals surface area contributed by atoms with Crippen molar-refractivity contribution in [1.29, 1.82) is 5.26 Å². The first-order valence-electron chi connectivity index (χ1n) is 5.14. The van der Waals surface area contributed by atoms with Gasteiger partial charge >= 0.3 is 5.97 Å². The van der Waals surface area contributed by atoms with Crippen LogP contribution >= 0.6 is 22.6 Å². The summed E-state index contributed by atoms with van der Waals surface area (Å²) in [6.07, 6.45) is 1.53. The van der Waals surface area contributed by atoms with Crippen LogP contribution in [0.5, 0.6) is 0 Å². The van der Waals surface area contributed by atoms with Crippen LogP contribution in [0.1, 0.15) is 23.7 Å². The van der Waals surface area contributed by atoms with Crippen LogP contribution < -0.4 is 0 Å². The molecule has 0 unspecified atom stereocenters. The molecule has 17 heavy (non-hydrogen) atoms. The molecule has 0 radical (unpaired) electrons. The molecule has 0 bridgehead atoms. The molecule has 0 fully saturated rings. The maximum Gasteiger partial charge on any atom is 0.348 e. The summed E-state index contributed by atoms with van der Waals surface area (Å²) in [5.41, 5.74) is 2.94. The number of hydrogen-bond donors (Lipinski definition) is 1. The Hall–Kier alpha value is -1.29. The first kappa shape index (κ1) is 13.8. The third-order valence-corrected chi connectivity index (χ3v) is 3.52. The largest absolute Gasteiger partial charge is 0.462 e. The molecule has 1 aromatic heterocycles. The summed E-state index contributed by atoms with van der Waals surface area (Å²) in [6, 6.07) is 1.86. The molecule has 1 aromatic rings. The molecular weight excluding hydrogens is 331 g/mol. The number of rotatable bonds is 3. The molecule has 5 heteroatoms. The Balaban J connectivity index is 3.12. The lowest BCUT2D eigenvalue weighted by molar-refractivity contribution is -0.137. The van der Waals surface area contributed by atoms with E-state index in [0.29, 0.717) is 0 Å². The number of carbonyl (C=O) groups excluding carboxylic acids is 1. The topological polar surface area (TPSA) is 65.9 Å². The summed E-state index contributed by atoms with van der Waals surface area (Å²) in [7, 11) is 0. The second kappa shape index (κ2) is 5.87. The monoisotopic (exact) mass is 344 g/mol. The lowest BCUT2D eigenvalue weighted by Gasteiger charge is -1.99. The van der Waals surface area contributed by atoms with Gasteiger partial charge in [0.1, 0.15) is 11.6 Å². The van der Waals surface area contributed by atoms with Gasteiger partial charge in [-0.25, -0.2) is 4.79 Å². The summed E-state index contributed by atoms with van der Waals surface area (Å²) in [5.74, 6) is -0.586. The van der Waals surface area contributed by atoms with E-state index in [1.165, 1.54) is 6.08 Å². The predicted molar refractivity (Wildman–Crippen MR) is 73.2 cm³/mol. The number of nitriles is 1. The number of esters is 1. The summed E-state index contributed by atoms with van der Waals surface area (Å²) < 4.78 is 5.81. The van der Waals surface area contributed by atoms with Crippen molar-refractivity contribution < 1.29 is 9.53 Å². The second-order valence-corrected chi connectivity index (χ2v) is 4.57. The van der Waals surface area contributed by atoms with Crippen molar-refractivity contribution in [3.05, 3.63) is 26.1 Å². The van der Waals surface area contributed by atoms with Crippen LogP contribution in [0.15, 0.2) is 5.57 Å². The van der Waals surface area contributed by atoms with E-state index in [-0.39, 0.29) is 12.2 Å². The minimum atomic E-state index is -0.586. The SMILES string of the molecule is CCOC(=O)/C(C#N)=C/c1[nH]c(I)c(C)c1C. The molecule has 0 saturated heterocycles. The van der Waals surface area contributed by atoms with Gasteiger partial charge in [-0.1, -0.05) is 0 Å². The molecule has 1 rings (SSSR count). The first-order chi connectivity index (χ1) is 8.01. The molecule has 90 valence electrons. The molecule has 1 N–H and O–H groups in total. The highest BCUT2D eigenvalue weighted by Gasteiger charge is 2.13. The summed E-state index contributed by atoms with van der Waals surface area (Å²) in [5, 5.41) is 8.92. The lowest BCUT2D eigenvalue weighted by atomic mass is 10.1. The van der Waals surface area contributed by atoms with Crippen molar-refractivity contribution in [2.75, 3.05) is 6.61 Å². The summed E-state index contributed by atoms with van der Waals surface area (Å²) >= 11 is 2.18. The summed E-state index contributed by atoms with van der Waals surface area (Å²) in [4.78, 5) is 14.6. The van der Waals surface area contributed by atoms with Gasteiger partial charge in [0.2, 0.25) is 0 Å². The van der Waals surface area contributed by atoms with Crippen LogP contribution in [-0.4, -0.2) is 17.6 Å². The smallest absolute Gasteiger partial charge is 0.348 e. The lowest BCUT2D eigenvalue weighted by Crippen LogP contribution is -2.06. The average molecular weight is 344 g/mol. The normalized spacial score (nSPS) is 11.1. The van der Waals surface area contributed by atoms with E-state index in [1.54, 1.807) is 6.92 Å². The fraction of sp³-hybridized carbons (Fsp3) is 0.333. The highest BCUT2D eigenvalue weighted by Crippen LogP contribution is 2.21. The fourth-order valence-electron chi connectivity index (χ4n) is 1.31. The van der Waals surface area contributed by atoms with Crippen molar-refractivity contribution in [1.82, 2.24) is 4.98 Å². The van der Waals surface area contributed by atoms with Gasteiger partial charge in [0.15, 0.2) is 0 Å². The van der Waals surface area contributed by atoms with Crippen LogP contribution in [-0.2, 0) is 9.53 Å². The van der Waals surface area contributed by atoms with Crippen LogP contribution in [0.2, 0.25) is 0 Å². The van der Waals surface area contributed by atoms with E-state index in [9.17, 15) is 4.79 Å². The number of aromatic amines is 1. The number of aromatic nitrogens is 1. The van der Waals surface area contributed by atoms with Gasteiger partial charge in [-0.3, -0.25) is 0 Å². The molecule has 0 saturated carbocycles. The van der Waals surface area contributed by atoms with Gasteiger partial charge in [-0.15, -0.1) is 0 Å². The number of hydrogen-bond acceptors (Lipinski definition) is 3. The van der Waals surface area contributed by atoms with Crippen molar-refractivity contribution in [2.24, 2.45) is 0 Å². The van der Waals surface area contributed by atoms with Gasteiger partial charge in [0.05, 0.1) is 10.3 Å². The Labute approximate surface area is 114 Å². The highest BCUT2D eigenvalue weighted by molar-refractivity contribution is 14.1. The minimum Gasteiger partial charge on any atom is -0.462 e. The molecule has 0 spiro atoms. The van der Waals surface area contributed by atoms with Gasteiger partial charge in [0.25, 0.3) is 0 Å². The zero-order chi connectivity index (χ0) is 13.0. The maximum atomic E-state index is 11.5. The number of H-pyrrole nitrogens is 1. The van der Waals surface area contributed by atoms with Crippen molar-refractivity contribution in [2.45, 2.75) is 20.8 Å². The van der Waals surface area contributed by atoms with Crippen molar-refractivity contribution in [3.8, 4) is 6.07 Å². The number of nitrogens with zero attached hydrogens (tertiary/aromatic N) is 1. The Kier molecular flexibility index (Phi) is 4.75. The maximum absolute atomic E-state index is 11.5. The first-order valence-corrected chi connectivity index (χ1v) is 6.22. The molecular formula is C12H13IN2O2. The zero-order valence-electron chi connectivity index (χ0n) is 9.93. The quantitative estimate of drug-likeness (QED) is 0.397. The van der Waals surface area contributed by atoms with E-state index in [1.807, 2.05) is 19.9 Å². The predicted octanol–water partition coefficient (Wildman–Crippen LogP) is 2.71. The standard InChI is InChI=1S/C12H13IN2O2/c1-4-17-12(16)9(6-14)5-10-7(2)8(3)11(13)15-10/h5,15H,4H2,1-3H3/b9-5+. The Bertz CT molecular complexity index is 509. The molecule has 0 amide bonds. The molecule has 4 nitrogen and oxygen atoms in total. The van der Waals surface area contributed by atoms with E-state index in [4.69, 9.17) is 10.00 Å². The Morgan fingerprint density at radius 1 is 1.53 bits per heavy atom. The van der Waals surface area contributed by atoms with Gasteiger partial charge < -0.3 is 9.72 Å². The number of nitrogens with one attached hydrogen (secondary N) is 1. The fourth-order valence-corrected chi connectivity index (χ4v) is 2.00. The van der Waals surface area contributed by atoms with E-state index in [2.05, 4.69) is 27.6 Å². The van der Waals surface area contributed by atoms with Crippen molar-refractivity contribution >= 4 is 34.6 Å². The van der Waals surface area contributed by atoms with Crippen LogP contribution in [0.25, 0.3) is 6.08 Å². The van der Waals surface area contributed by atoms with E-state index >= 15 is 0 Å². The minimum absolute atomic E-state index is 0.00704. The average Bonchev–Trinajstić information content (AvgIpc) is 2.54. The second-order valence-electron chi connectivity index (χ2n) is 3.49. The number of carbonyl (C=O) groups is 1. The van der Waals surface area contributed by atoms with Crippen LogP contribution in [0.3, 0.4) is 0 Å². The number of halogens is 1. The highest BCUT2D eigenvalue weighted by atomic mass is 127. The Morgan fingerprint density at radius 2 is 2.18 bits per heavy atom. The molecule has 0 aliphatic heterocycles. The molecule has 1 heterocycles. The molecule has 0 aromatic carbocycles.